The van der Waals surface area contributed by atoms with E-state index in [-0.39, 0.29) is 6.10 Å². The summed E-state index contributed by atoms with van der Waals surface area (Å²) in [6.45, 7) is 0.739. The molecule has 20 heavy (non-hydrogen) atoms. The molecule has 1 aliphatic heterocycles. The van der Waals surface area contributed by atoms with Gasteiger partial charge in [0, 0.05) is 12.6 Å². The van der Waals surface area contributed by atoms with Crippen LogP contribution in [0, 0.1) is 0 Å². The quantitative estimate of drug-likeness (QED) is 0.885. The standard InChI is InChI=1S/C16H21NO3/c18-16(19)15-9-8-12(20-15)10-17-14-7-3-5-11-4-1-2-6-13(11)14/h1-2,4,6,12,14-15,17H,3,5,7-10H2,(H,18,19). The van der Waals surface area contributed by atoms with E-state index >= 15 is 0 Å². The molecule has 1 fully saturated rings. The molecule has 0 spiro atoms. The molecule has 1 aliphatic carbocycles. The average molecular weight is 275 g/mol. The molecule has 1 aromatic rings. The molecule has 2 aliphatic rings. The number of ether oxygens (including phenoxy) is 1. The van der Waals surface area contributed by atoms with E-state index in [9.17, 15) is 4.79 Å². The Hall–Kier alpha value is -1.39. The molecule has 4 heteroatoms. The predicted molar refractivity (Wildman–Crippen MR) is 75.7 cm³/mol. The summed E-state index contributed by atoms with van der Waals surface area (Å²) in [5, 5.41) is 12.5. The highest BCUT2D eigenvalue weighted by Gasteiger charge is 2.31. The molecule has 0 amide bonds. The molecule has 4 nitrogen and oxygen atoms in total. The number of carbonyl (C=O) groups is 1. The van der Waals surface area contributed by atoms with Gasteiger partial charge in [0.1, 0.15) is 0 Å². The van der Waals surface area contributed by atoms with E-state index in [2.05, 4.69) is 29.6 Å². The maximum atomic E-state index is 10.9. The van der Waals surface area contributed by atoms with Crippen molar-refractivity contribution in [3.05, 3.63) is 35.4 Å². The van der Waals surface area contributed by atoms with Crippen LogP contribution in [-0.2, 0) is 16.0 Å². The Bertz CT molecular complexity index is 488. The van der Waals surface area contributed by atoms with E-state index in [1.54, 1.807) is 0 Å². The lowest BCUT2D eigenvalue weighted by atomic mass is 9.87. The molecule has 2 N–H and O–H groups in total. The summed E-state index contributed by atoms with van der Waals surface area (Å²) in [5.41, 5.74) is 2.83. The van der Waals surface area contributed by atoms with Gasteiger partial charge in [0.15, 0.2) is 6.10 Å². The predicted octanol–water partition coefficient (Wildman–Crippen LogP) is 2.29. The van der Waals surface area contributed by atoms with Crippen LogP contribution in [0.4, 0.5) is 0 Å². The number of aryl methyl sites for hydroxylation is 1. The van der Waals surface area contributed by atoms with Crippen LogP contribution < -0.4 is 5.32 Å². The first-order valence-corrected chi connectivity index (χ1v) is 7.43. The molecule has 1 heterocycles. The molecule has 3 unspecified atom stereocenters. The van der Waals surface area contributed by atoms with Crippen LogP contribution in [0.15, 0.2) is 24.3 Å². The van der Waals surface area contributed by atoms with E-state index in [0.717, 1.165) is 25.8 Å². The van der Waals surface area contributed by atoms with Crippen LogP contribution in [-0.4, -0.2) is 29.8 Å². The van der Waals surface area contributed by atoms with Crippen molar-refractivity contribution in [2.45, 2.75) is 50.4 Å². The minimum atomic E-state index is -0.837. The van der Waals surface area contributed by atoms with Crippen molar-refractivity contribution in [3.8, 4) is 0 Å². The maximum absolute atomic E-state index is 10.9. The van der Waals surface area contributed by atoms with Gasteiger partial charge >= 0.3 is 5.97 Å². The molecule has 108 valence electrons. The number of fused-ring (bicyclic) bond motifs is 1. The Morgan fingerprint density at radius 1 is 1.30 bits per heavy atom. The molecule has 3 atom stereocenters. The lowest BCUT2D eigenvalue weighted by Crippen LogP contribution is -2.33. The number of rotatable bonds is 4. The van der Waals surface area contributed by atoms with E-state index < -0.39 is 12.1 Å². The number of carboxylic acids is 1. The minimum Gasteiger partial charge on any atom is -0.479 e. The number of hydrogen-bond acceptors (Lipinski definition) is 3. The van der Waals surface area contributed by atoms with Gasteiger partial charge in [0.25, 0.3) is 0 Å². The lowest BCUT2D eigenvalue weighted by Gasteiger charge is -2.27. The third-order valence-electron chi connectivity index (χ3n) is 4.34. The summed E-state index contributed by atoms with van der Waals surface area (Å²) in [6.07, 6.45) is 4.39. The zero-order valence-electron chi connectivity index (χ0n) is 11.5. The van der Waals surface area contributed by atoms with E-state index in [4.69, 9.17) is 9.84 Å². The van der Waals surface area contributed by atoms with E-state index in [1.165, 1.54) is 17.5 Å². The Balaban J connectivity index is 1.56. The second-order valence-corrected chi connectivity index (χ2v) is 5.71. The molecule has 0 bridgehead atoms. The second-order valence-electron chi connectivity index (χ2n) is 5.71. The lowest BCUT2D eigenvalue weighted by molar-refractivity contribution is -0.149. The SMILES string of the molecule is O=C(O)C1CCC(CNC2CCCc3ccccc32)O1. The topological polar surface area (TPSA) is 58.6 Å². The molecule has 0 saturated carbocycles. The summed E-state index contributed by atoms with van der Waals surface area (Å²) >= 11 is 0. The Morgan fingerprint density at radius 3 is 2.95 bits per heavy atom. The van der Waals surface area contributed by atoms with Crippen LogP contribution in [0.1, 0.15) is 42.9 Å². The normalized spacial score (nSPS) is 29.1. The van der Waals surface area contributed by atoms with E-state index in [1.807, 2.05) is 0 Å². The largest absolute Gasteiger partial charge is 0.479 e. The van der Waals surface area contributed by atoms with Gasteiger partial charge < -0.3 is 15.2 Å². The van der Waals surface area contributed by atoms with Crippen molar-refractivity contribution < 1.29 is 14.6 Å². The highest BCUT2D eigenvalue weighted by molar-refractivity contribution is 5.72. The Morgan fingerprint density at radius 2 is 2.15 bits per heavy atom. The molecular weight excluding hydrogens is 254 g/mol. The fourth-order valence-corrected chi connectivity index (χ4v) is 3.28. The van der Waals surface area contributed by atoms with Gasteiger partial charge in [-0.15, -0.1) is 0 Å². The molecule has 1 aromatic carbocycles. The van der Waals surface area contributed by atoms with Crippen molar-refractivity contribution >= 4 is 5.97 Å². The van der Waals surface area contributed by atoms with Crippen LogP contribution in [0.25, 0.3) is 0 Å². The van der Waals surface area contributed by atoms with Crippen LogP contribution >= 0.6 is 0 Å². The highest BCUT2D eigenvalue weighted by Crippen LogP contribution is 2.30. The molecule has 3 rings (SSSR count). The van der Waals surface area contributed by atoms with Crippen molar-refractivity contribution in [2.24, 2.45) is 0 Å². The summed E-state index contributed by atoms with van der Waals surface area (Å²) in [7, 11) is 0. The van der Waals surface area contributed by atoms with E-state index in [0.29, 0.717) is 12.5 Å². The van der Waals surface area contributed by atoms with Crippen LogP contribution in [0.5, 0.6) is 0 Å². The first-order valence-electron chi connectivity index (χ1n) is 7.43. The van der Waals surface area contributed by atoms with Crippen molar-refractivity contribution in [1.82, 2.24) is 5.32 Å². The van der Waals surface area contributed by atoms with Crippen molar-refractivity contribution in [1.29, 1.82) is 0 Å². The molecular formula is C16H21NO3. The maximum Gasteiger partial charge on any atom is 0.332 e. The zero-order valence-corrected chi connectivity index (χ0v) is 11.5. The van der Waals surface area contributed by atoms with Gasteiger partial charge in [-0.2, -0.15) is 0 Å². The van der Waals surface area contributed by atoms with Gasteiger partial charge in [0.05, 0.1) is 6.10 Å². The number of hydrogen-bond donors (Lipinski definition) is 2. The molecule has 1 saturated heterocycles. The van der Waals surface area contributed by atoms with Crippen LogP contribution in [0.2, 0.25) is 0 Å². The van der Waals surface area contributed by atoms with Gasteiger partial charge in [-0.25, -0.2) is 4.79 Å². The first-order chi connectivity index (χ1) is 9.74. The monoisotopic (exact) mass is 275 g/mol. The third kappa shape index (κ3) is 2.86. The number of aliphatic carboxylic acids is 1. The fraction of sp³-hybridized carbons (Fsp3) is 0.562. The van der Waals surface area contributed by atoms with Crippen molar-refractivity contribution in [3.63, 3.8) is 0 Å². The highest BCUT2D eigenvalue weighted by atomic mass is 16.5. The van der Waals surface area contributed by atoms with Gasteiger partial charge in [-0.1, -0.05) is 24.3 Å². The minimum absolute atomic E-state index is 0.0326. The Labute approximate surface area is 119 Å². The van der Waals surface area contributed by atoms with Gasteiger partial charge in [-0.05, 0) is 43.2 Å². The fourth-order valence-electron chi connectivity index (χ4n) is 3.28. The summed E-state index contributed by atoms with van der Waals surface area (Å²) in [4.78, 5) is 10.9. The van der Waals surface area contributed by atoms with Gasteiger partial charge in [-0.3, -0.25) is 0 Å². The van der Waals surface area contributed by atoms with Gasteiger partial charge in [0.2, 0.25) is 0 Å². The van der Waals surface area contributed by atoms with Crippen LogP contribution in [0.3, 0.4) is 0 Å². The summed E-state index contributed by atoms with van der Waals surface area (Å²) < 4.78 is 5.54. The summed E-state index contributed by atoms with van der Waals surface area (Å²) in [5.74, 6) is -0.837. The van der Waals surface area contributed by atoms with Crippen molar-refractivity contribution in [2.75, 3.05) is 6.54 Å². The molecule has 0 radical (unpaired) electrons. The Kier molecular flexibility index (Phi) is 4.03. The average Bonchev–Trinajstić information content (AvgIpc) is 2.94. The number of carboxylic acid groups (broad SMARTS) is 1. The zero-order chi connectivity index (χ0) is 13.9. The molecule has 0 aromatic heterocycles. The second kappa shape index (κ2) is 5.94. The third-order valence-corrected chi connectivity index (χ3v) is 4.34. The first kappa shape index (κ1) is 13.6. The number of nitrogens with one attached hydrogen (secondary N) is 1. The number of benzene rings is 1. The smallest absolute Gasteiger partial charge is 0.332 e. The summed E-state index contributed by atoms with van der Waals surface area (Å²) in [6, 6.07) is 8.97.